The highest BCUT2D eigenvalue weighted by Crippen LogP contribution is 2.51. The monoisotopic (exact) mass is 710 g/mol. The van der Waals surface area contributed by atoms with Gasteiger partial charge in [0.2, 0.25) is 0 Å². The van der Waals surface area contributed by atoms with Crippen molar-refractivity contribution in [2.24, 2.45) is 0 Å². The number of rotatable bonds is 6. The van der Waals surface area contributed by atoms with Crippen LogP contribution < -0.4 is 0 Å². The standard InChI is InChI=1S/C51H34S2/c1-3-16-35-34(4-2)46(32-17-6-5-7-18-32)36-19-8-13-24-41(36)49(35)43-26-14-27-44-50-42(25-15-28-45(50)53-51(43)44)48-39-22-11-9-20-37(39)47(33-29-30-52-31-33)38-21-10-12-23-40(38)48/h3-31H,2H2,1H3/b16-3-. The summed E-state index contributed by atoms with van der Waals surface area (Å²) in [6.45, 7) is 6.49. The van der Waals surface area contributed by atoms with Crippen molar-refractivity contribution in [1.82, 2.24) is 0 Å². The number of allylic oxidation sites excluding steroid dienone is 1. The maximum absolute atomic E-state index is 4.39. The average Bonchev–Trinajstić information content (AvgIpc) is 3.89. The Kier molecular flexibility index (Phi) is 7.68. The van der Waals surface area contributed by atoms with Crippen LogP contribution in [0.4, 0.5) is 0 Å². The van der Waals surface area contributed by atoms with Gasteiger partial charge in [0.25, 0.3) is 0 Å². The minimum absolute atomic E-state index is 1.16. The van der Waals surface area contributed by atoms with Gasteiger partial charge < -0.3 is 0 Å². The van der Waals surface area contributed by atoms with E-state index in [2.05, 4.69) is 182 Å². The molecule has 0 spiro atoms. The fraction of sp³-hybridized carbons (Fsp3) is 0.0196. The normalized spacial score (nSPS) is 11.9. The van der Waals surface area contributed by atoms with Gasteiger partial charge in [0, 0.05) is 25.7 Å². The van der Waals surface area contributed by atoms with Gasteiger partial charge in [-0.3, -0.25) is 0 Å². The molecule has 53 heavy (non-hydrogen) atoms. The molecule has 250 valence electrons. The van der Waals surface area contributed by atoms with Crippen LogP contribution in [0.1, 0.15) is 18.1 Å². The first kappa shape index (κ1) is 31.7. The molecular formula is C51H34S2. The summed E-state index contributed by atoms with van der Waals surface area (Å²) in [5.74, 6) is 0. The van der Waals surface area contributed by atoms with Crippen molar-refractivity contribution in [3.8, 4) is 44.5 Å². The van der Waals surface area contributed by atoms with Crippen LogP contribution in [0, 0.1) is 0 Å². The first-order valence-electron chi connectivity index (χ1n) is 18.1. The number of hydrogen-bond acceptors (Lipinski definition) is 2. The molecule has 0 fully saturated rings. The van der Waals surface area contributed by atoms with E-state index in [-0.39, 0.29) is 0 Å². The van der Waals surface area contributed by atoms with E-state index in [9.17, 15) is 0 Å². The molecule has 0 aliphatic rings. The van der Waals surface area contributed by atoms with Crippen molar-refractivity contribution >= 4 is 87.3 Å². The maximum Gasteiger partial charge on any atom is 0.0434 e. The van der Waals surface area contributed by atoms with Crippen molar-refractivity contribution in [2.75, 3.05) is 0 Å². The molecule has 0 unspecified atom stereocenters. The summed E-state index contributed by atoms with van der Waals surface area (Å²) in [6, 6.07) is 53.6. The molecule has 0 saturated carbocycles. The Morgan fingerprint density at radius 3 is 1.66 bits per heavy atom. The van der Waals surface area contributed by atoms with Crippen molar-refractivity contribution in [1.29, 1.82) is 0 Å². The molecule has 2 heteroatoms. The van der Waals surface area contributed by atoms with E-state index in [4.69, 9.17) is 0 Å². The fourth-order valence-corrected chi connectivity index (χ4v) is 10.5. The highest BCUT2D eigenvalue weighted by Gasteiger charge is 2.23. The van der Waals surface area contributed by atoms with Crippen LogP contribution in [0.25, 0.3) is 109 Å². The lowest BCUT2D eigenvalue weighted by atomic mass is 9.83. The van der Waals surface area contributed by atoms with Gasteiger partial charge in [0.05, 0.1) is 0 Å². The van der Waals surface area contributed by atoms with E-state index in [1.807, 2.05) is 17.4 Å². The highest BCUT2D eigenvalue weighted by atomic mass is 32.1. The smallest absolute Gasteiger partial charge is 0.0434 e. The van der Waals surface area contributed by atoms with Gasteiger partial charge >= 0.3 is 0 Å². The Labute approximate surface area is 317 Å². The zero-order valence-electron chi connectivity index (χ0n) is 29.3. The molecule has 0 aliphatic heterocycles. The van der Waals surface area contributed by atoms with Gasteiger partial charge in [-0.2, -0.15) is 11.3 Å². The van der Waals surface area contributed by atoms with Crippen LogP contribution in [-0.4, -0.2) is 0 Å². The van der Waals surface area contributed by atoms with Gasteiger partial charge in [-0.05, 0) is 112 Å². The summed E-state index contributed by atoms with van der Waals surface area (Å²) in [4.78, 5) is 0. The second-order valence-corrected chi connectivity index (χ2v) is 15.3. The second-order valence-electron chi connectivity index (χ2n) is 13.5. The Bertz CT molecular complexity index is 3010. The summed E-state index contributed by atoms with van der Waals surface area (Å²) in [5, 5.41) is 14.7. The molecule has 2 heterocycles. The molecule has 8 aromatic carbocycles. The molecule has 0 N–H and O–H groups in total. The Morgan fingerprint density at radius 1 is 0.472 bits per heavy atom. The molecule has 10 aromatic rings. The summed E-state index contributed by atoms with van der Waals surface area (Å²) < 4.78 is 2.60. The van der Waals surface area contributed by atoms with Crippen LogP contribution in [-0.2, 0) is 0 Å². The lowest BCUT2D eigenvalue weighted by Crippen LogP contribution is -1.96. The first-order valence-corrected chi connectivity index (χ1v) is 19.8. The van der Waals surface area contributed by atoms with Crippen molar-refractivity contribution in [3.05, 3.63) is 180 Å². The van der Waals surface area contributed by atoms with Crippen molar-refractivity contribution in [2.45, 2.75) is 6.92 Å². The second kappa shape index (κ2) is 12.9. The molecule has 0 bridgehead atoms. The van der Waals surface area contributed by atoms with E-state index in [1.165, 1.54) is 103 Å². The summed E-state index contributed by atoms with van der Waals surface area (Å²) >= 11 is 3.66. The van der Waals surface area contributed by atoms with Crippen LogP contribution in [0.2, 0.25) is 0 Å². The molecular weight excluding hydrogens is 677 g/mol. The van der Waals surface area contributed by atoms with E-state index in [0.717, 1.165) is 5.56 Å². The predicted molar refractivity (Wildman–Crippen MR) is 236 cm³/mol. The zero-order chi connectivity index (χ0) is 35.5. The number of thiophene rings is 2. The highest BCUT2D eigenvalue weighted by molar-refractivity contribution is 7.26. The van der Waals surface area contributed by atoms with Crippen molar-refractivity contribution < 1.29 is 0 Å². The van der Waals surface area contributed by atoms with Gasteiger partial charge in [0.15, 0.2) is 0 Å². The number of benzene rings is 8. The molecule has 10 rings (SSSR count). The third-order valence-electron chi connectivity index (χ3n) is 10.7. The molecule has 0 saturated heterocycles. The lowest BCUT2D eigenvalue weighted by molar-refractivity contribution is 1.59. The summed E-state index contributed by atoms with van der Waals surface area (Å²) in [6.07, 6.45) is 6.48. The molecule has 0 atom stereocenters. The van der Waals surface area contributed by atoms with E-state index in [0.29, 0.717) is 0 Å². The van der Waals surface area contributed by atoms with Crippen LogP contribution >= 0.6 is 22.7 Å². The summed E-state index contributed by atoms with van der Waals surface area (Å²) in [5.41, 5.74) is 12.5. The fourth-order valence-electron chi connectivity index (χ4n) is 8.63. The zero-order valence-corrected chi connectivity index (χ0v) is 30.9. The third kappa shape index (κ3) is 4.87. The molecule has 0 amide bonds. The van der Waals surface area contributed by atoms with Gasteiger partial charge in [-0.15, -0.1) is 11.3 Å². The first-order chi connectivity index (χ1) is 26.3. The summed E-state index contributed by atoms with van der Waals surface area (Å²) in [7, 11) is 0. The predicted octanol–water partition coefficient (Wildman–Crippen LogP) is 15.9. The lowest BCUT2D eigenvalue weighted by Gasteiger charge is -2.20. The Morgan fingerprint density at radius 2 is 1.04 bits per heavy atom. The topological polar surface area (TPSA) is 0 Å². The molecule has 2 aromatic heterocycles. The molecule has 0 radical (unpaired) electrons. The number of hydrogen-bond donors (Lipinski definition) is 0. The average molecular weight is 711 g/mol. The largest absolute Gasteiger partial charge is 0.152 e. The van der Waals surface area contributed by atoms with Crippen LogP contribution in [0.5, 0.6) is 0 Å². The van der Waals surface area contributed by atoms with E-state index < -0.39 is 0 Å². The SMILES string of the molecule is C=Cc1c(/C=C\C)c(-c2cccc3c2sc2cccc(-c4c5ccccc5c(-c5ccsc5)c5ccccc45)c23)c2ccccc2c1-c1ccccc1. The molecule has 0 aliphatic carbocycles. The van der Waals surface area contributed by atoms with E-state index in [1.54, 1.807) is 11.3 Å². The minimum atomic E-state index is 1.16. The van der Waals surface area contributed by atoms with E-state index >= 15 is 0 Å². The van der Waals surface area contributed by atoms with Gasteiger partial charge in [-0.1, -0.05) is 158 Å². The van der Waals surface area contributed by atoms with Crippen LogP contribution in [0.3, 0.4) is 0 Å². The third-order valence-corrected chi connectivity index (χ3v) is 12.6. The molecule has 0 nitrogen and oxygen atoms in total. The van der Waals surface area contributed by atoms with Gasteiger partial charge in [-0.25, -0.2) is 0 Å². The minimum Gasteiger partial charge on any atom is -0.152 e. The quantitative estimate of drug-likeness (QED) is 0.151. The Hall–Kier alpha value is -6.06. The van der Waals surface area contributed by atoms with Gasteiger partial charge in [0.1, 0.15) is 0 Å². The van der Waals surface area contributed by atoms with Crippen molar-refractivity contribution in [3.63, 3.8) is 0 Å². The Balaban J connectivity index is 1.32. The van der Waals surface area contributed by atoms with Crippen LogP contribution in [0.15, 0.2) is 169 Å². The number of fused-ring (bicyclic) bond motifs is 6. The maximum atomic E-state index is 4.39.